The molecule has 0 unspecified atom stereocenters. The molecule has 0 saturated carbocycles. The molecular formula is C10H10ClN. The minimum absolute atomic E-state index is 0.669. The molecule has 0 aliphatic rings. The SMILES string of the molecule is C=Nc1cc(Cl)ccc1C(=C)C. The van der Waals surface area contributed by atoms with Crippen LogP contribution >= 0.6 is 11.6 Å². The summed E-state index contributed by atoms with van der Waals surface area (Å²) in [5.74, 6) is 0. The first-order chi connectivity index (χ1) is 5.65. The van der Waals surface area contributed by atoms with Crippen LogP contribution in [0.4, 0.5) is 5.69 Å². The lowest BCUT2D eigenvalue weighted by atomic mass is 10.1. The summed E-state index contributed by atoms with van der Waals surface area (Å²) >= 11 is 5.78. The van der Waals surface area contributed by atoms with Crippen LogP contribution in [0.25, 0.3) is 5.57 Å². The van der Waals surface area contributed by atoms with E-state index < -0.39 is 0 Å². The maximum Gasteiger partial charge on any atom is 0.0711 e. The average Bonchev–Trinajstić information content (AvgIpc) is 2.03. The second-order valence-corrected chi connectivity index (χ2v) is 3.04. The van der Waals surface area contributed by atoms with Gasteiger partial charge in [0.15, 0.2) is 0 Å². The van der Waals surface area contributed by atoms with Crippen LogP contribution in [-0.2, 0) is 0 Å². The molecule has 0 N–H and O–H groups in total. The molecule has 2 heteroatoms. The lowest BCUT2D eigenvalue weighted by Crippen LogP contribution is -1.78. The summed E-state index contributed by atoms with van der Waals surface area (Å²) in [6.07, 6.45) is 0. The van der Waals surface area contributed by atoms with E-state index in [0.29, 0.717) is 5.02 Å². The van der Waals surface area contributed by atoms with Crippen LogP contribution in [-0.4, -0.2) is 6.72 Å². The quantitative estimate of drug-likeness (QED) is 0.614. The summed E-state index contributed by atoms with van der Waals surface area (Å²) in [5, 5.41) is 0.669. The van der Waals surface area contributed by atoms with Gasteiger partial charge >= 0.3 is 0 Å². The summed E-state index contributed by atoms with van der Waals surface area (Å²) in [5.41, 5.74) is 2.75. The molecule has 0 saturated heterocycles. The Kier molecular flexibility index (Phi) is 2.66. The van der Waals surface area contributed by atoms with Crippen molar-refractivity contribution >= 4 is 29.6 Å². The maximum absolute atomic E-state index is 5.78. The first-order valence-electron chi connectivity index (χ1n) is 3.57. The Hall–Kier alpha value is -1.08. The molecule has 0 spiro atoms. The molecule has 0 aliphatic heterocycles. The summed E-state index contributed by atoms with van der Waals surface area (Å²) < 4.78 is 0. The predicted octanol–water partition coefficient (Wildman–Crippen LogP) is 3.71. The van der Waals surface area contributed by atoms with Crippen molar-refractivity contribution in [1.82, 2.24) is 0 Å². The second kappa shape index (κ2) is 3.55. The monoisotopic (exact) mass is 179 g/mol. The standard InChI is InChI=1S/C10H10ClN/c1-7(2)9-5-4-8(11)6-10(9)12-3/h4-6H,1,3H2,2H3. The molecule has 12 heavy (non-hydrogen) atoms. The van der Waals surface area contributed by atoms with Crippen molar-refractivity contribution in [2.24, 2.45) is 4.99 Å². The first-order valence-corrected chi connectivity index (χ1v) is 3.95. The first kappa shape index (κ1) is 9.01. The van der Waals surface area contributed by atoms with Gasteiger partial charge in [0.25, 0.3) is 0 Å². The van der Waals surface area contributed by atoms with Crippen molar-refractivity contribution in [3.8, 4) is 0 Å². The second-order valence-electron chi connectivity index (χ2n) is 2.60. The third-order valence-electron chi connectivity index (χ3n) is 1.59. The fraction of sp³-hybridized carbons (Fsp3) is 0.100. The average molecular weight is 180 g/mol. The maximum atomic E-state index is 5.78. The molecule has 1 aromatic rings. The van der Waals surface area contributed by atoms with Gasteiger partial charge in [-0.2, -0.15) is 0 Å². The number of nitrogens with zero attached hydrogens (tertiary/aromatic N) is 1. The summed E-state index contributed by atoms with van der Waals surface area (Å²) in [6, 6.07) is 5.49. The van der Waals surface area contributed by atoms with Crippen LogP contribution in [0.15, 0.2) is 29.8 Å². The molecule has 1 aromatic carbocycles. The van der Waals surface area contributed by atoms with E-state index in [0.717, 1.165) is 16.8 Å². The number of benzene rings is 1. The van der Waals surface area contributed by atoms with Crippen molar-refractivity contribution < 1.29 is 0 Å². The van der Waals surface area contributed by atoms with Gasteiger partial charge in [0.1, 0.15) is 0 Å². The van der Waals surface area contributed by atoms with Crippen LogP contribution in [0.3, 0.4) is 0 Å². The Bertz CT molecular complexity index is 329. The van der Waals surface area contributed by atoms with E-state index in [4.69, 9.17) is 11.6 Å². The highest BCUT2D eigenvalue weighted by Crippen LogP contribution is 2.27. The van der Waals surface area contributed by atoms with Gasteiger partial charge in [0.05, 0.1) is 5.69 Å². The molecule has 0 bridgehead atoms. The third-order valence-corrected chi connectivity index (χ3v) is 1.83. The Morgan fingerprint density at radius 1 is 1.50 bits per heavy atom. The Balaban J connectivity index is 3.29. The van der Waals surface area contributed by atoms with Crippen LogP contribution < -0.4 is 0 Å². The van der Waals surface area contributed by atoms with Gasteiger partial charge in [-0.25, -0.2) is 0 Å². The molecule has 0 heterocycles. The van der Waals surface area contributed by atoms with Gasteiger partial charge in [0, 0.05) is 10.6 Å². The van der Waals surface area contributed by atoms with Gasteiger partial charge in [-0.3, -0.25) is 4.99 Å². The molecule has 0 amide bonds. The number of hydrogen-bond acceptors (Lipinski definition) is 1. The van der Waals surface area contributed by atoms with Gasteiger partial charge in [0.2, 0.25) is 0 Å². The van der Waals surface area contributed by atoms with Crippen LogP contribution in [0.2, 0.25) is 5.02 Å². The molecule has 1 nitrogen and oxygen atoms in total. The minimum Gasteiger partial charge on any atom is -0.264 e. The molecule has 1 rings (SSSR count). The summed E-state index contributed by atoms with van der Waals surface area (Å²) in [4.78, 5) is 3.86. The fourth-order valence-corrected chi connectivity index (χ4v) is 1.16. The van der Waals surface area contributed by atoms with Crippen molar-refractivity contribution in [2.45, 2.75) is 6.92 Å². The van der Waals surface area contributed by atoms with Crippen molar-refractivity contribution in [3.63, 3.8) is 0 Å². The highest BCUT2D eigenvalue weighted by atomic mass is 35.5. The van der Waals surface area contributed by atoms with Crippen molar-refractivity contribution in [1.29, 1.82) is 0 Å². The third kappa shape index (κ3) is 1.74. The van der Waals surface area contributed by atoms with Crippen LogP contribution in [0.5, 0.6) is 0 Å². The van der Waals surface area contributed by atoms with Crippen molar-refractivity contribution in [2.75, 3.05) is 0 Å². The number of halogens is 1. The van der Waals surface area contributed by atoms with Gasteiger partial charge in [-0.15, -0.1) is 0 Å². The topological polar surface area (TPSA) is 12.4 Å². The minimum atomic E-state index is 0.669. The highest BCUT2D eigenvalue weighted by molar-refractivity contribution is 6.30. The number of rotatable bonds is 2. The molecule has 0 aromatic heterocycles. The molecular weight excluding hydrogens is 170 g/mol. The van der Waals surface area contributed by atoms with E-state index in [9.17, 15) is 0 Å². The zero-order valence-corrected chi connectivity index (χ0v) is 7.73. The van der Waals surface area contributed by atoms with E-state index in [2.05, 4.69) is 18.3 Å². The molecule has 62 valence electrons. The van der Waals surface area contributed by atoms with Crippen molar-refractivity contribution in [3.05, 3.63) is 35.4 Å². The van der Waals surface area contributed by atoms with Crippen LogP contribution in [0, 0.1) is 0 Å². The Labute approximate surface area is 77.4 Å². The summed E-state index contributed by atoms with van der Waals surface area (Å²) in [6.45, 7) is 9.23. The van der Waals surface area contributed by atoms with E-state index in [1.165, 1.54) is 0 Å². The Morgan fingerprint density at radius 3 is 2.67 bits per heavy atom. The van der Waals surface area contributed by atoms with E-state index in [-0.39, 0.29) is 0 Å². The van der Waals surface area contributed by atoms with Gasteiger partial charge in [-0.1, -0.05) is 24.2 Å². The molecule has 0 aliphatic carbocycles. The fourth-order valence-electron chi connectivity index (χ4n) is 0.997. The predicted molar refractivity (Wildman–Crippen MR) is 55.4 cm³/mol. The summed E-state index contributed by atoms with van der Waals surface area (Å²) in [7, 11) is 0. The smallest absolute Gasteiger partial charge is 0.0711 e. The number of aliphatic imine (C=N–C) groups is 1. The molecule has 0 radical (unpaired) electrons. The zero-order valence-electron chi connectivity index (χ0n) is 6.97. The molecule has 0 fully saturated rings. The van der Waals surface area contributed by atoms with E-state index in [1.807, 2.05) is 19.1 Å². The molecule has 0 atom stereocenters. The largest absolute Gasteiger partial charge is 0.264 e. The number of allylic oxidation sites excluding steroid dienone is 1. The van der Waals surface area contributed by atoms with E-state index in [1.54, 1.807) is 6.07 Å². The van der Waals surface area contributed by atoms with Gasteiger partial charge < -0.3 is 0 Å². The number of hydrogen-bond donors (Lipinski definition) is 0. The lowest BCUT2D eigenvalue weighted by Gasteiger charge is -2.03. The zero-order chi connectivity index (χ0) is 9.14. The highest BCUT2D eigenvalue weighted by Gasteiger charge is 2.01. The normalized spacial score (nSPS) is 9.50. The lowest BCUT2D eigenvalue weighted by molar-refractivity contribution is 1.49. The Morgan fingerprint density at radius 2 is 2.17 bits per heavy atom. The van der Waals surface area contributed by atoms with Crippen LogP contribution in [0.1, 0.15) is 12.5 Å². The van der Waals surface area contributed by atoms with Gasteiger partial charge in [-0.05, 0) is 31.3 Å². The van der Waals surface area contributed by atoms with E-state index >= 15 is 0 Å².